The molecule has 2 aliphatic carbocycles. The van der Waals surface area contributed by atoms with E-state index in [9.17, 15) is 0 Å². The van der Waals surface area contributed by atoms with E-state index < -0.39 is 0 Å². The van der Waals surface area contributed by atoms with Crippen molar-refractivity contribution in [2.45, 2.75) is 97.0 Å². The van der Waals surface area contributed by atoms with Crippen LogP contribution in [0.1, 0.15) is 102 Å². The van der Waals surface area contributed by atoms with Crippen molar-refractivity contribution in [3.63, 3.8) is 0 Å². The van der Waals surface area contributed by atoms with E-state index in [1.807, 2.05) is 0 Å². The second-order valence-electron chi connectivity index (χ2n) is 9.68. The Bertz CT molecular complexity index is 625. The SMILES string of the molecule is CC=CCCC1CCC(C2CCC(c3ccc(COCC=CCC)cc3)CC2)CC1. The van der Waals surface area contributed by atoms with Gasteiger partial charge in [-0.1, -0.05) is 68.3 Å². The average Bonchev–Trinajstić information content (AvgIpc) is 2.80. The van der Waals surface area contributed by atoms with E-state index in [-0.39, 0.29) is 0 Å². The molecule has 0 radical (unpaired) electrons. The van der Waals surface area contributed by atoms with Gasteiger partial charge in [-0.05, 0) is 99.5 Å². The van der Waals surface area contributed by atoms with Crippen LogP contribution < -0.4 is 0 Å². The van der Waals surface area contributed by atoms with Gasteiger partial charge in [0.25, 0.3) is 0 Å². The fraction of sp³-hybridized carbons (Fsp3) is 0.655. The predicted molar refractivity (Wildman–Crippen MR) is 130 cm³/mol. The monoisotopic (exact) mass is 408 g/mol. The highest BCUT2D eigenvalue weighted by Crippen LogP contribution is 2.44. The van der Waals surface area contributed by atoms with E-state index in [2.05, 4.69) is 62.4 Å². The van der Waals surface area contributed by atoms with Gasteiger partial charge in [0, 0.05) is 0 Å². The lowest BCUT2D eigenvalue weighted by Crippen LogP contribution is -2.25. The molecule has 2 saturated carbocycles. The van der Waals surface area contributed by atoms with Gasteiger partial charge < -0.3 is 4.74 Å². The summed E-state index contributed by atoms with van der Waals surface area (Å²) in [5, 5.41) is 0. The first-order chi connectivity index (χ1) is 14.8. The molecule has 0 heterocycles. The van der Waals surface area contributed by atoms with Crippen LogP contribution in [0.2, 0.25) is 0 Å². The molecule has 0 saturated heterocycles. The maximum absolute atomic E-state index is 5.73. The summed E-state index contributed by atoms with van der Waals surface area (Å²) < 4.78 is 5.73. The molecular weight excluding hydrogens is 364 g/mol. The van der Waals surface area contributed by atoms with E-state index in [0.29, 0.717) is 0 Å². The third-order valence-electron chi connectivity index (χ3n) is 7.64. The molecule has 0 amide bonds. The van der Waals surface area contributed by atoms with Gasteiger partial charge in [-0.15, -0.1) is 0 Å². The third kappa shape index (κ3) is 7.41. The number of hydrogen-bond donors (Lipinski definition) is 0. The van der Waals surface area contributed by atoms with Crippen molar-refractivity contribution in [3.05, 3.63) is 59.7 Å². The van der Waals surface area contributed by atoms with Gasteiger partial charge in [0.1, 0.15) is 0 Å². The zero-order valence-electron chi connectivity index (χ0n) is 19.5. The molecule has 0 aliphatic heterocycles. The number of ether oxygens (including phenoxy) is 1. The largest absolute Gasteiger partial charge is 0.373 e. The maximum atomic E-state index is 5.73. The van der Waals surface area contributed by atoms with Crippen LogP contribution in [0.25, 0.3) is 0 Å². The summed E-state index contributed by atoms with van der Waals surface area (Å²) in [7, 11) is 0. The van der Waals surface area contributed by atoms with Crippen LogP contribution >= 0.6 is 0 Å². The molecule has 0 spiro atoms. The summed E-state index contributed by atoms with van der Waals surface area (Å²) in [6.07, 6.45) is 24.3. The highest BCUT2D eigenvalue weighted by Gasteiger charge is 2.31. The average molecular weight is 409 g/mol. The van der Waals surface area contributed by atoms with Crippen molar-refractivity contribution in [1.82, 2.24) is 0 Å². The predicted octanol–water partition coefficient (Wildman–Crippen LogP) is 8.61. The first-order valence-corrected chi connectivity index (χ1v) is 12.7. The highest BCUT2D eigenvalue weighted by molar-refractivity contribution is 5.25. The van der Waals surface area contributed by atoms with Crippen molar-refractivity contribution < 1.29 is 4.74 Å². The molecule has 0 N–H and O–H groups in total. The van der Waals surface area contributed by atoms with Gasteiger partial charge >= 0.3 is 0 Å². The normalized spacial score (nSPS) is 27.8. The minimum atomic E-state index is 0.720. The Labute approximate surface area is 186 Å². The molecule has 0 atom stereocenters. The Kier molecular flexibility index (Phi) is 10.2. The third-order valence-corrected chi connectivity index (χ3v) is 7.64. The van der Waals surface area contributed by atoms with Gasteiger partial charge in [0.15, 0.2) is 0 Å². The minimum Gasteiger partial charge on any atom is -0.373 e. The summed E-state index contributed by atoms with van der Waals surface area (Å²) in [5.74, 6) is 3.80. The standard InChI is InChI=1S/C29H44O/c1-3-5-7-9-24-10-14-26(15-11-24)28-18-20-29(21-19-28)27-16-12-25(13-17-27)23-30-22-8-6-4-2/h3,5-6,8,12-13,16-17,24,26,28-29H,4,7,9-11,14-15,18-23H2,1-2H3. The molecule has 0 unspecified atom stereocenters. The van der Waals surface area contributed by atoms with Gasteiger partial charge in [0.05, 0.1) is 13.2 Å². The summed E-state index contributed by atoms with van der Waals surface area (Å²) in [5.41, 5.74) is 2.85. The number of rotatable bonds is 10. The molecule has 1 aromatic carbocycles. The summed E-state index contributed by atoms with van der Waals surface area (Å²) in [6, 6.07) is 9.28. The van der Waals surface area contributed by atoms with Crippen LogP contribution in [0.3, 0.4) is 0 Å². The molecule has 1 aromatic rings. The molecule has 0 aromatic heterocycles. The fourth-order valence-electron chi connectivity index (χ4n) is 5.74. The summed E-state index contributed by atoms with van der Waals surface area (Å²) in [4.78, 5) is 0. The van der Waals surface area contributed by atoms with E-state index in [4.69, 9.17) is 4.74 Å². The smallest absolute Gasteiger partial charge is 0.0721 e. The van der Waals surface area contributed by atoms with Crippen molar-refractivity contribution in [2.24, 2.45) is 17.8 Å². The first-order valence-electron chi connectivity index (χ1n) is 12.7. The van der Waals surface area contributed by atoms with E-state index in [0.717, 1.165) is 43.3 Å². The van der Waals surface area contributed by atoms with Crippen molar-refractivity contribution in [1.29, 1.82) is 0 Å². The van der Waals surface area contributed by atoms with Crippen LogP contribution in [0.5, 0.6) is 0 Å². The van der Waals surface area contributed by atoms with Crippen LogP contribution in [0, 0.1) is 17.8 Å². The molecule has 0 bridgehead atoms. The van der Waals surface area contributed by atoms with Gasteiger partial charge in [0.2, 0.25) is 0 Å². The molecule has 166 valence electrons. The van der Waals surface area contributed by atoms with Crippen LogP contribution in [-0.4, -0.2) is 6.61 Å². The lowest BCUT2D eigenvalue weighted by molar-refractivity contribution is 0.148. The van der Waals surface area contributed by atoms with Crippen molar-refractivity contribution in [3.8, 4) is 0 Å². The number of hydrogen-bond acceptors (Lipinski definition) is 1. The van der Waals surface area contributed by atoms with Gasteiger partial charge in [-0.25, -0.2) is 0 Å². The van der Waals surface area contributed by atoms with Gasteiger partial charge in [-0.2, -0.15) is 0 Å². The van der Waals surface area contributed by atoms with Crippen LogP contribution in [0.4, 0.5) is 0 Å². The van der Waals surface area contributed by atoms with E-state index in [1.165, 1.54) is 69.8 Å². The minimum absolute atomic E-state index is 0.720. The molecular formula is C29H44O. The fourth-order valence-corrected chi connectivity index (χ4v) is 5.74. The van der Waals surface area contributed by atoms with Crippen LogP contribution in [-0.2, 0) is 11.3 Å². The van der Waals surface area contributed by atoms with Crippen molar-refractivity contribution in [2.75, 3.05) is 6.61 Å². The molecule has 1 nitrogen and oxygen atoms in total. The Balaban J connectivity index is 1.36. The Morgan fingerprint density at radius 2 is 1.50 bits per heavy atom. The highest BCUT2D eigenvalue weighted by atomic mass is 16.5. The summed E-state index contributed by atoms with van der Waals surface area (Å²) >= 11 is 0. The van der Waals surface area contributed by atoms with E-state index in [1.54, 1.807) is 5.56 Å². The lowest BCUT2D eigenvalue weighted by atomic mass is 9.68. The molecule has 3 rings (SSSR count). The molecule has 30 heavy (non-hydrogen) atoms. The Morgan fingerprint density at radius 1 is 0.833 bits per heavy atom. The van der Waals surface area contributed by atoms with Crippen LogP contribution in [0.15, 0.2) is 48.6 Å². The maximum Gasteiger partial charge on any atom is 0.0721 e. The topological polar surface area (TPSA) is 9.23 Å². The summed E-state index contributed by atoms with van der Waals surface area (Å²) in [6.45, 7) is 5.74. The zero-order valence-corrected chi connectivity index (χ0v) is 19.5. The number of benzene rings is 1. The quantitative estimate of drug-likeness (QED) is 0.278. The second-order valence-corrected chi connectivity index (χ2v) is 9.68. The lowest BCUT2D eigenvalue weighted by Gasteiger charge is -2.38. The Morgan fingerprint density at radius 3 is 2.13 bits per heavy atom. The second kappa shape index (κ2) is 13.2. The van der Waals surface area contributed by atoms with E-state index >= 15 is 0 Å². The number of allylic oxidation sites excluding steroid dienone is 3. The zero-order chi connectivity index (χ0) is 21.0. The van der Waals surface area contributed by atoms with Crippen molar-refractivity contribution >= 4 is 0 Å². The first kappa shape index (κ1) is 23.3. The van der Waals surface area contributed by atoms with Gasteiger partial charge in [-0.3, -0.25) is 0 Å². The molecule has 2 aliphatic rings. The molecule has 1 heteroatoms. The molecule has 2 fully saturated rings. The Hall–Kier alpha value is -1.34.